The number of benzene rings is 1. The number of methoxy groups -OCH3 is 1. The molecule has 2 rings (SSSR count). The molecular formula is C15H19ClN2OS. The van der Waals surface area contributed by atoms with Crippen LogP contribution in [0.4, 0.5) is 0 Å². The van der Waals surface area contributed by atoms with Gasteiger partial charge in [-0.2, -0.15) is 0 Å². The fourth-order valence-corrected chi connectivity index (χ4v) is 2.95. The fraction of sp³-hybridized carbons (Fsp3) is 0.400. The number of rotatable bonds is 7. The average molecular weight is 311 g/mol. The van der Waals surface area contributed by atoms with Crippen LogP contribution in [0, 0.1) is 0 Å². The Labute approximate surface area is 129 Å². The highest BCUT2D eigenvalue weighted by Gasteiger charge is 2.05. The molecule has 0 amide bonds. The lowest BCUT2D eigenvalue weighted by Crippen LogP contribution is -2.20. The van der Waals surface area contributed by atoms with Gasteiger partial charge in [0.2, 0.25) is 0 Å². The molecule has 1 aromatic heterocycles. The standard InChI is InChI=1S/C15H19ClN2OS/c1-18(8-7-15-17-13(9-16)11-20-15)10-12-3-5-14(19-2)6-4-12/h3-6,11H,7-10H2,1-2H3. The highest BCUT2D eigenvalue weighted by atomic mass is 35.5. The molecule has 20 heavy (non-hydrogen) atoms. The van der Waals surface area contributed by atoms with Gasteiger partial charge in [-0.05, 0) is 24.7 Å². The second-order valence-electron chi connectivity index (χ2n) is 4.70. The van der Waals surface area contributed by atoms with E-state index < -0.39 is 0 Å². The molecule has 0 aliphatic heterocycles. The van der Waals surface area contributed by atoms with Crippen LogP contribution in [0.5, 0.6) is 5.75 Å². The summed E-state index contributed by atoms with van der Waals surface area (Å²) < 4.78 is 5.16. The predicted molar refractivity (Wildman–Crippen MR) is 84.7 cm³/mol. The molecule has 0 saturated carbocycles. The van der Waals surface area contributed by atoms with Gasteiger partial charge in [0.15, 0.2) is 0 Å². The SMILES string of the molecule is COc1ccc(CN(C)CCc2nc(CCl)cs2)cc1. The summed E-state index contributed by atoms with van der Waals surface area (Å²) >= 11 is 7.45. The van der Waals surface area contributed by atoms with E-state index in [1.54, 1.807) is 18.4 Å². The molecule has 0 unspecified atom stereocenters. The first-order chi connectivity index (χ1) is 9.71. The molecule has 0 saturated heterocycles. The summed E-state index contributed by atoms with van der Waals surface area (Å²) in [7, 11) is 3.81. The highest BCUT2D eigenvalue weighted by molar-refractivity contribution is 7.09. The maximum Gasteiger partial charge on any atom is 0.118 e. The molecule has 0 atom stereocenters. The smallest absolute Gasteiger partial charge is 0.118 e. The van der Waals surface area contributed by atoms with Crippen molar-refractivity contribution < 1.29 is 4.74 Å². The molecule has 1 heterocycles. The first-order valence-corrected chi connectivity index (χ1v) is 7.93. The topological polar surface area (TPSA) is 25.4 Å². The van der Waals surface area contributed by atoms with Gasteiger partial charge in [-0.1, -0.05) is 12.1 Å². The molecule has 0 spiro atoms. The summed E-state index contributed by atoms with van der Waals surface area (Å²) in [6, 6.07) is 8.20. The Balaban J connectivity index is 1.80. The van der Waals surface area contributed by atoms with Crippen molar-refractivity contribution in [2.45, 2.75) is 18.8 Å². The monoisotopic (exact) mass is 310 g/mol. The zero-order chi connectivity index (χ0) is 14.4. The molecule has 0 radical (unpaired) electrons. The summed E-state index contributed by atoms with van der Waals surface area (Å²) in [4.78, 5) is 6.77. The third-order valence-corrected chi connectivity index (χ3v) is 4.29. The van der Waals surface area contributed by atoms with E-state index in [1.807, 2.05) is 17.5 Å². The van der Waals surface area contributed by atoms with Crippen molar-refractivity contribution in [2.75, 3.05) is 20.7 Å². The Hall–Kier alpha value is -1.10. The number of nitrogens with zero attached hydrogens (tertiary/aromatic N) is 2. The minimum Gasteiger partial charge on any atom is -0.497 e. The Morgan fingerprint density at radius 2 is 2.05 bits per heavy atom. The van der Waals surface area contributed by atoms with Crippen molar-refractivity contribution in [3.8, 4) is 5.75 Å². The zero-order valence-electron chi connectivity index (χ0n) is 11.8. The summed E-state index contributed by atoms with van der Waals surface area (Å²) in [5, 5.41) is 3.19. The van der Waals surface area contributed by atoms with Gasteiger partial charge >= 0.3 is 0 Å². The van der Waals surface area contributed by atoms with E-state index in [4.69, 9.17) is 16.3 Å². The Morgan fingerprint density at radius 1 is 1.30 bits per heavy atom. The quantitative estimate of drug-likeness (QED) is 0.731. The number of thiazole rings is 1. The first kappa shape index (κ1) is 15.3. The van der Waals surface area contributed by atoms with Crippen LogP contribution in [0.2, 0.25) is 0 Å². The van der Waals surface area contributed by atoms with Gasteiger partial charge in [0.25, 0.3) is 0 Å². The number of likely N-dealkylation sites (N-methyl/N-ethyl adjacent to an activating group) is 1. The molecule has 3 nitrogen and oxygen atoms in total. The van der Waals surface area contributed by atoms with Crippen molar-refractivity contribution in [1.82, 2.24) is 9.88 Å². The van der Waals surface area contributed by atoms with Gasteiger partial charge in [0.05, 0.1) is 23.7 Å². The van der Waals surface area contributed by atoms with Gasteiger partial charge in [-0.15, -0.1) is 22.9 Å². The van der Waals surface area contributed by atoms with Crippen molar-refractivity contribution in [2.24, 2.45) is 0 Å². The number of halogens is 1. The van der Waals surface area contributed by atoms with E-state index in [2.05, 4.69) is 29.1 Å². The highest BCUT2D eigenvalue weighted by Crippen LogP contribution is 2.14. The van der Waals surface area contributed by atoms with Gasteiger partial charge in [0, 0.05) is 24.9 Å². The first-order valence-electron chi connectivity index (χ1n) is 6.52. The summed E-state index contributed by atoms with van der Waals surface area (Å²) in [6.07, 6.45) is 0.966. The number of hydrogen-bond donors (Lipinski definition) is 0. The molecule has 108 valence electrons. The Kier molecular flexibility index (Phi) is 5.83. The van der Waals surface area contributed by atoms with Crippen molar-refractivity contribution in [3.63, 3.8) is 0 Å². The van der Waals surface area contributed by atoms with Crippen LogP contribution in [0.15, 0.2) is 29.6 Å². The summed E-state index contributed by atoms with van der Waals surface area (Å²) in [5.74, 6) is 1.39. The summed E-state index contributed by atoms with van der Waals surface area (Å²) in [6.45, 7) is 1.92. The zero-order valence-corrected chi connectivity index (χ0v) is 13.4. The van der Waals surface area contributed by atoms with Crippen LogP contribution < -0.4 is 4.74 Å². The average Bonchev–Trinajstić information content (AvgIpc) is 2.94. The summed E-state index contributed by atoms with van der Waals surface area (Å²) in [5.41, 5.74) is 2.26. The molecule has 5 heteroatoms. The van der Waals surface area contributed by atoms with Crippen LogP contribution in [0.25, 0.3) is 0 Å². The molecule has 0 N–H and O–H groups in total. The Morgan fingerprint density at radius 3 is 2.65 bits per heavy atom. The lowest BCUT2D eigenvalue weighted by atomic mass is 10.2. The molecule has 0 aliphatic rings. The van der Waals surface area contributed by atoms with E-state index in [9.17, 15) is 0 Å². The fourth-order valence-electron chi connectivity index (χ4n) is 1.93. The van der Waals surface area contributed by atoms with Crippen LogP contribution in [0.3, 0.4) is 0 Å². The van der Waals surface area contributed by atoms with Gasteiger partial charge < -0.3 is 9.64 Å². The molecule has 1 aromatic carbocycles. The van der Waals surface area contributed by atoms with Gasteiger partial charge in [-0.25, -0.2) is 4.98 Å². The van der Waals surface area contributed by atoms with Gasteiger partial charge in [0.1, 0.15) is 5.75 Å². The second kappa shape index (κ2) is 7.62. The Bertz CT molecular complexity index is 527. The minimum absolute atomic E-state index is 0.498. The second-order valence-corrected chi connectivity index (χ2v) is 5.91. The minimum atomic E-state index is 0.498. The normalized spacial score (nSPS) is 11.0. The number of ether oxygens (including phenoxy) is 1. The van der Waals surface area contributed by atoms with E-state index in [0.717, 1.165) is 36.0 Å². The maximum absolute atomic E-state index is 5.76. The maximum atomic E-state index is 5.76. The van der Waals surface area contributed by atoms with Crippen LogP contribution >= 0.6 is 22.9 Å². The molecule has 0 bridgehead atoms. The third kappa shape index (κ3) is 4.47. The van der Waals surface area contributed by atoms with Crippen molar-refractivity contribution in [3.05, 3.63) is 45.9 Å². The van der Waals surface area contributed by atoms with Crippen LogP contribution in [-0.4, -0.2) is 30.6 Å². The lowest BCUT2D eigenvalue weighted by Gasteiger charge is -2.16. The predicted octanol–water partition coefficient (Wildman–Crippen LogP) is 3.57. The van der Waals surface area contributed by atoms with Crippen LogP contribution in [-0.2, 0) is 18.8 Å². The van der Waals surface area contributed by atoms with E-state index >= 15 is 0 Å². The molecule has 0 aliphatic carbocycles. The van der Waals surface area contributed by atoms with Gasteiger partial charge in [-0.3, -0.25) is 0 Å². The number of alkyl halides is 1. The molecule has 2 aromatic rings. The van der Waals surface area contributed by atoms with E-state index in [-0.39, 0.29) is 0 Å². The molecular weight excluding hydrogens is 292 g/mol. The largest absolute Gasteiger partial charge is 0.497 e. The molecule has 0 fully saturated rings. The van der Waals surface area contributed by atoms with E-state index in [1.165, 1.54) is 5.56 Å². The lowest BCUT2D eigenvalue weighted by molar-refractivity contribution is 0.330. The van der Waals surface area contributed by atoms with Crippen molar-refractivity contribution >= 4 is 22.9 Å². The number of aromatic nitrogens is 1. The van der Waals surface area contributed by atoms with E-state index in [0.29, 0.717) is 5.88 Å². The van der Waals surface area contributed by atoms with Crippen LogP contribution in [0.1, 0.15) is 16.3 Å². The third-order valence-electron chi connectivity index (χ3n) is 3.06. The van der Waals surface area contributed by atoms with Crippen molar-refractivity contribution in [1.29, 1.82) is 0 Å². The number of hydrogen-bond acceptors (Lipinski definition) is 4.